The highest BCUT2D eigenvalue weighted by Crippen LogP contribution is 2.17. The second kappa shape index (κ2) is 8.24. The van der Waals surface area contributed by atoms with E-state index in [1.807, 2.05) is 24.3 Å². The molecule has 0 aromatic heterocycles. The Bertz CT molecular complexity index is 384. The number of benzene rings is 1. The fourth-order valence-electron chi connectivity index (χ4n) is 1.72. The normalized spacial score (nSPS) is 12.2. The van der Waals surface area contributed by atoms with Gasteiger partial charge in [0.05, 0.1) is 7.11 Å². The predicted octanol–water partition coefficient (Wildman–Crippen LogP) is 2.32. The molecular formula is C13H18BrNO3. The summed E-state index contributed by atoms with van der Waals surface area (Å²) in [4.78, 5) is 16.5. The van der Waals surface area contributed by atoms with Crippen molar-refractivity contribution in [1.29, 1.82) is 0 Å². The van der Waals surface area contributed by atoms with Crippen LogP contribution in [0.2, 0.25) is 0 Å². The molecule has 0 saturated heterocycles. The molecule has 100 valence electrons. The SMILES string of the molecule is COCCC(Cc1cccc(Br)c1)C(=O)NOC. The Morgan fingerprint density at radius 2 is 2.22 bits per heavy atom. The Morgan fingerprint density at radius 3 is 2.83 bits per heavy atom. The number of halogens is 1. The van der Waals surface area contributed by atoms with Crippen LogP contribution in [0.25, 0.3) is 0 Å². The minimum atomic E-state index is -0.154. The summed E-state index contributed by atoms with van der Waals surface area (Å²) < 4.78 is 6.04. The van der Waals surface area contributed by atoms with Crippen LogP contribution in [0.15, 0.2) is 28.7 Å². The highest BCUT2D eigenvalue weighted by atomic mass is 79.9. The van der Waals surface area contributed by atoms with E-state index in [1.165, 1.54) is 7.11 Å². The summed E-state index contributed by atoms with van der Waals surface area (Å²) in [5.74, 6) is -0.270. The van der Waals surface area contributed by atoms with E-state index in [9.17, 15) is 4.79 Å². The third-order valence-corrected chi connectivity index (χ3v) is 3.11. The highest BCUT2D eigenvalue weighted by Gasteiger charge is 2.18. The summed E-state index contributed by atoms with van der Waals surface area (Å²) >= 11 is 3.42. The average molecular weight is 316 g/mol. The minimum Gasteiger partial charge on any atom is -0.385 e. The smallest absolute Gasteiger partial charge is 0.247 e. The topological polar surface area (TPSA) is 47.6 Å². The molecule has 0 bridgehead atoms. The molecule has 1 aromatic carbocycles. The van der Waals surface area contributed by atoms with E-state index in [0.717, 1.165) is 10.0 Å². The van der Waals surface area contributed by atoms with Crippen molar-refractivity contribution in [2.75, 3.05) is 20.8 Å². The van der Waals surface area contributed by atoms with Crippen molar-refractivity contribution in [1.82, 2.24) is 5.48 Å². The molecule has 5 heteroatoms. The van der Waals surface area contributed by atoms with Crippen LogP contribution in [0.4, 0.5) is 0 Å². The van der Waals surface area contributed by atoms with Gasteiger partial charge in [-0.1, -0.05) is 28.1 Å². The zero-order valence-electron chi connectivity index (χ0n) is 10.6. The average Bonchev–Trinajstić information content (AvgIpc) is 2.34. The first-order chi connectivity index (χ1) is 8.67. The molecule has 18 heavy (non-hydrogen) atoms. The van der Waals surface area contributed by atoms with Gasteiger partial charge in [0.2, 0.25) is 5.91 Å². The van der Waals surface area contributed by atoms with Gasteiger partial charge in [0, 0.05) is 24.1 Å². The van der Waals surface area contributed by atoms with Crippen molar-refractivity contribution in [3.05, 3.63) is 34.3 Å². The minimum absolute atomic E-state index is 0.116. The fourth-order valence-corrected chi connectivity index (χ4v) is 2.16. The predicted molar refractivity (Wildman–Crippen MR) is 73.0 cm³/mol. The summed E-state index contributed by atoms with van der Waals surface area (Å²) in [6.07, 6.45) is 1.33. The zero-order valence-corrected chi connectivity index (χ0v) is 12.2. The molecule has 0 aliphatic carbocycles. The van der Waals surface area contributed by atoms with E-state index >= 15 is 0 Å². The Balaban J connectivity index is 2.68. The highest BCUT2D eigenvalue weighted by molar-refractivity contribution is 9.10. The van der Waals surface area contributed by atoms with E-state index in [1.54, 1.807) is 7.11 Å². The molecule has 0 saturated carbocycles. The second-order valence-corrected chi connectivity index (χ2v) is 4.90. The van der Waals surface area contributed by atoms with Crippen molar-refractivity contribution < 1.29 is 14.4 Å². The van der Waals surface area contributed by atoms with Crippen molar-refractivity contribution in [3.8, 4) is 0 Å². The number of carbonyl (C=O) groups excluding carboxylic acids is 1. The standard InChI is InChI=1S/C13H18BrNO3/c1-17-7-6-11(13(16)15-18-2)8-10-4-3-5-12(14)9-10/h3-5,9,11H,6-8H2,1-2H3,(H,15,16). The van der Waals surface area contributed by atoms with Crippen molar-refractivity contribution >= 4 is 21.8 Å². The number of nitrogens with one attached hydrogen (secondary N) is 1. The van der Waals surface area contributed by atoms with Crippen LogP contribution >= 0.6 is 15.9 Å². The summed E-state index contributed by atoms with van der Waals surface area (Å²) in [6.45, 7) is 0.551. The van der Waals surface area contributed by atoms with Gasteiger partial charge in [-0.25, -0.2) is 5.48 Å². The number of rotatable bonds is 7. The summed E-state index contributed by atoms with van der Waals surface area (Å²) in [5.41, 5.74) is 3.49. The third kappa shape index (κ3) is 5.16. The van der Waals surface area contributed by atoms with E-state index in [0.29, 0.717) is 19.4 Å². The van der Waals surface area contributed by atoms with Crippen molar-refractivity contribution in [2.45, 2.75) is 12.8 Å². The lowest BCUT2D eigenvalue weighted by molar-refractivity contribution is -0.136. The van der Waals surface area contributed by atoms with Gasteiger partial charge in [0.15, 0.2) is 0 Å². The Morgan fingerprint density at radius 1 is 1.44 bits per heavy atom. The van der Waals surface area contributed by atoms with Gasteiger partial charge in [-0.05, 0) is 30.5 Å². The molecule has 0 fully saturated rings. The van der Waals surface area contributed by atoms with Gasteiger partial charge in [-0.2, -0.15) is 0 Å². The van der Waals surface area contributed by atoms with Crippen molar-refractivity contribution in [2.24, 2.45) is 5.92 Å². The number of amides is 1. The molecule has 1 unspecified atom stereocenters. The Labute approximate surface area is 116 Å². The largest absolute Gasteiger partial charge is 0.385 e. The van der Waals surface area contributed by atoms with Gasteiger partial charge in [0.1, 0.15) is 0 Å². The van der Waals surface area contributed by atoms with Gasteiger partial charge >= 0.3 is 0 Å². The number of carbonyl (C=O) groups is 1. The lowest BCUT2D eigenvalue weighted by Crippen LogP contribution is -2.31. The second-order valence-electron chi connectivity index (χ2n) is 3.98. The molecule has 1 amide bonds. The first-order valence-corrected chi connectivity index (χ1v) is 6.53. The fraction of sp³-hybridized carbons (Fsp3) is 0.462. The monoisotopic (exact) mass is 315 g/mol. The first kappa shape index (κ1) is 15.1. The maximum absolute atomic E-state index is 11.8. The van der Waals surface area contributed by atoms with E-state index < -0.39 is 0 Å². The quantitative estimate of drug-likeness (QED) is 0.786. The van der Waals surface area contributed by atoms with Crippen LogP contribution in [-0.4, -0.2) is 26.7 Å². The summed E-state index contributed by atoms with van der Waals surface area (Å²) in [5, 5.41) is 0. The van der Waals surface area contributed by atoms with Crippen molar-refractivity contribution in [3.63, 3.8) is 0 Å². The van der Waals surface area contributed by atoms with E-state index in [4.69, 9.17) is 4.74 Å². The van der Waals surface area contributed by atoms with Crippen LogP contribution in [0.5, 0.6) is 0 Å². The molecular weight excluding hydrogens is 298 g/mol. The molecule has 0 aliphatic rings. The van der Waals surface area contributed by atoms with Gasteiger partial charge in [0.25, 0.3) is 0 Å². The maximum Gasteiger partial charge on any atom is 0.247 e. The van der Waals surface area contributed by atoms with E-state index in [-0.39, 0.29) is 11.8 Å². The third-order valence-electron chi connectivity index (χ3n) is 2.62. The van der Waals surface area contributed by atoms with E-state index in [2.05, 4.69) is 26.2 Å². The molecule has 1 N–H and O–H groups in total. The zero-order chi connectivity index (χ0) is 13.4. The molecule has 0 heterocycles. The van der Waals surface area contributed by atoms with Gasteiger partial charge < -0.3 is 4.74 Å². The van der Waals surface area contributed by atoms with Gasteiger partial charge in [-0.15, -0.1) is 0 Å². The number of methoxy groups -OCH3 is 1. The van der Waals surface area contributed by atoms with Crippen LogP contribution in [0.3, 0.4) is 0 Å². The van der Waals surface area contributed by atoms with Crippen LogP contribution in [0.1, 0.15) is 12.0 Å². The molecule has 4 nitrogen and oxygen atoms in total. The molecule has 1 rings (SSSR count). The number of hydroxylamine groups is 1. The van der Waals surface area contributed by atoms with Crippen LogP contribution in [-0.2, 0) is 20.8 Å². The summed E-state index contributed by atoms with van der Waals surface area (Å²) in [7, 11) is 3.06. The molecule has 0 aliphatic heterocycles. The molecule has 0 radical (unpaired) electrons. The lowest BCUT2D eigenvalue weighted by Gasteiger charge is -2.15. The number of hydrogen-bond acceptors (Lipinski definition) is 3. The molecule has 1 aromatic rings. The maximum atomic E-state index is 11.8. The van der Waals surface area contributed by atoms with Crippen LogP contribution in [0, 0.1) is 5.92 Å². The van der Waals surface area contributed by atoms with Gasteiger partial charge in [-0.3, -0.25) is 9.63 Å². The number of hydrogen-bond donors (Lipinski definition) is 1. The summed E-state index contributed by atoms with van der Waals surface area (Å²) in [6, 6.07) is 7.94. The Hall–Kier alpha value is -0.910. The van der Waals surface area contributed by atoms with Crippen LogP contribution < -0.4 is 5.48 Å². The molecule has 0 spiro atoms. The first-order valence-electron chi connectivity index (χ1n) is 5.73. The number of ether oxygens (including phenoxy) is 1. The molecule has 1 atom stereocenters. The lowest BCUT2D eigenvalue weighted by atomic mass is 9.96. The Kier molecular flexibility index (Phi) is 6.93.